The molecule has 2 bridgehead atoms. The zero-order chi connectivity index (χ0) is 20.2. The number of para-hydroxylation sites is 1. The van der Waals surface area contributed by atoms with Crippen molar-refractivity contribution in [3.63, 3.8) is 0 Å². The van der Waals surface area contributed by atoms with Crippen molar-refractivity contribution >= 4 is 11.8 Å². The number of hydrogen-bond acceptors (Lipinski definition) is 4. The van der Waals surface area contributed by atoms with Crippen molar-refractivity contribution < 1.29 is 18.7 Å². The second kappa shape index (κ2) is 6.37. The largest absolute Gasteiger partial charge is 0.467 e. The average Bonchev–Trinajstić information content (AvgIpc) is 3.11. The van der Waals surface area contributed by atoms with Crippen molar-refractivity contribution in [2.45, 2.75) is 51.8 Å². The van der Waals surface area contributed by atoms with Crippen LogP contribution in [-0.4, -0.2) is 17.5 Å². The first-order valence-electron chi connectivity index (χ1n) is 10.3. The second-order valence-corrected chi connectivity index (χ2v) is 9.03. The lowest BCUT2D eigenvalue weighted by Crippen LogP contribution is -2.69. The van der Waals surface area contributed by atoms with E-state index in [-0.39, 0.29) is 29.1 Å². The minimum atomic E-state index is -0.715. The molecule has 152 valence electrons. The maximum Gasteiger partial charge on any atom is 0.258 e. The lowest BCUT2D eigenvalue weighted by atomic mass is 9.52. The van der Waals surface area contributed by atoms with Crippen LogP contribution in [0.1, 0.15) is 54.5 Å². The van der Waals surface area contributed by atoms with Crippen LogP contribution in [0.25, 0.3) is 0 Å². The summed E-state index contributed by atoms with van der Waals surface area (Å²) in [6, 6.07) is 11.2. The first-order valence-corrected chi connectivity index (χ1v) is 10.3. The van der Waals surface area contributed by atoms with E-state index < -0.39 is 5.72 Å². The first-order chi connectivity index (χ1) is 13.9. The number of ether oxygens (including phenoxy) is 1. The van der Waals surface area contributed by atoms with Crippen molar-refractivity contribution in [2.75, 3.05) is 0 Å². The van der Waals surface area contributed by atoms with E-state index in [9.17, 15) is 9.59 Å². The van der Waals surface area contributed by atoms with Gasteiger partial charge in [-0.25, -0.2) is 0 Å². The molecular weight excluding hydrogens is 368 g/mol. The van der Waals surface area contributed by atoms with Gasteiger partial charge in [0.25, 0.3) is 5.91 Å². The van der Waals surface area contributed by atoms with E-state index >= 15 is 0 Å². The number of amides is 2. The molecule has 2 aromatic rings. The zero-order valence-electron chi connectivity index (χ0n) is 16.8. The summed E-state index contributed by atoms with van der Waals surface area (Å²) in [5, 5.41) is 6.20. The van der Waals surface area contributed by atoms with Gasteiger partial charge in [0.1, 0.15) is 17.3 Å². The Kier molecular flexibility index (Phi) is 4.02. The molecule has 1 aromatic heterocycles. The SMILES string of the molecule is Cc1ccc(CNC(=O)[C@H]2C[C@H]3CC[C@@]2(C)C[C@@]32NC(=O)c3ccccc3O2)o1. The van der Waals surface area contributed by atoms with Gasteiger partial charge in [-0.15, -0.1) is 0 Å². The maximum atomic E-state index is 13.0. The van der Waals surface area contributed by atoms with Crippen LogP contribution in [-0.2, 0) is 11.3 Å². The summed E-state index contributed by atoms with van der Waals surface area (Å²) < 4.78 is 12.0. The van der Waals surface area contributed by atoms with Crippen LogP contribution in [0.15, 0.2) is 40.8 Å². The highest BCUT2D eigenvalue weighted by Gasteiger charge is 2.61. The summed E-state index contributed by atoms with van der Waals surface area (Å²) in [4.78, 5) is 25.8. The smallest absolute Gasteiger partial charge is 0.258 e. The fourth-order valence-electron chi connectivity index (χ4n) is 5.54. The number of furan rings is 1. The summed E-state index contributed by atoms with van der Waals surface area (Å²) in [6.45, 7) is 4.44. The highest BCUT2D eigenvalue weighted by atomic mass is 16.5. The van der Waals surface area contributed by atoms with Crippen LogP contribution in [0.5, 0.6) is 5.75 Å². The Morgan fingerprint density at radius 3 is 2.86 bits per heavy atom. The molecule has 3 saturated carbocycles. The Morgan fingerprint density at radius 2 is 2.10 bits per heavy atom. The average molecular weight is 394 g/mol. The highest BCUT2D eigenvalue weighted by molar-refractivity contribution is 5.98. The Morgan fingerprint density at radius 1 is 1.28 bits per heavy atom. The van der Waals surface area contributed by atoms with E-state index in [1.54, 1.807) is 6.07 Å². The molecule has 2 amide bonds. The number of nitrogens with one attached hydrogen (secondary N) is 2. The fourth-order valence-corrected chi connectivity index (χ4v) is 5.54. The number of aryl methyl sites for hydroxylation is 1. The van der Waals surface area contributed by atoms with Crippen molar-refractivity contribution in [2.24, 2.45) is 17.3 Å². The third-order valence-electron chi connectivity index (χ3n) is 7.05. The van der Waals surface area contributed by atoms with Crippen LogP contribution in [0, 0.1) is 24.2 Å². The molecule has 29 heavy (non-hydrogen) atoms. The van der Waals surface area contributed by atoms with Gasteiger partial charge in [-0.1, -0.05) is 19.1 Å². The van der Waals surface area contributed by atoms with Gasteiger partial charge in [-0.2, -0.15) is 0 Å². The van der Waals surface area contributed by atoms with Crippen LogP contribution in [0.3, 0.4) is 0 Å². The number of rotatable bonds is 3. The minimum absolute atomic E-state index is 0.0589. The van der Waals surface area contributed by atoms with E-state index in [1.165, 1.54) is 0 Å². The minimum Gasteiger partial charge on any atom is -0.467 e. The van der Waals surface area contributed by atoms with Crippen molar-refractivity contribution in [3.8, 4) is 5.75 Å². The molecule has 1 aliphatic heterocycles. The predicted molar refractivity (Wildman–Crippen MR) is 106 cm³/mol. The quantitative estimate of drug-likeness (QED) is 0.834. The molecule has 1 aromatic carbocycles. The van der Waals surface area contributed by atoms with E-state index in [0.29, 0.717) is 30.7 Å². The van der Waals surface area contributed by atoms with E-state index in [0.717, 1.165) is 24.4 Å². The second-order valence-electron chi connectivity index (χ2n) is 9.03. The van der Waals surface area contributed by atoms with Crippen molar-refractivity contribution in [3.05, 3.63) is 53.5 Å². The number of benzene rings is 1. The van der Waals surface area contributed by atoms with E-state index in [1.807, 2.05) is 37.3 Å². The molecule has 6 rings (SSSR count). The van der Waals surface area contributed by atoms with Gasteiger partial charge in [-0.3, -0.25) is 9.59 Å². The molecule has 4 aliphatic rings. The summed E-state index contributed by atoms with van der Waals surface area (Å²) in [5.74, 6) is 2.23. The fraction of sp³-hybridized carbons (Fsp3) is 0.478. The summed E-state index contributed by atoms with van der Waals surface area (Å²) in [6.07, 6.45) is 3.25. The van der Waals surface area contributed by atoms with E-state index in [2.05, 4.69) is 17.6 Å². The van der Waals surface area contributed by atoms with Crippen LogP contribution in [0.2, 0.25) is 0 Å². The topological polar surface area (TPSA) is 80.6 Å². The molecule has 6 heteroatoms. The molecule has 2 N–H and O–H groups in total. The molecule has 4 atom stereocenters. The number of fused-ring (bicyclic) bond motifs is 3. The molecular formula is C23H26N2O4. The third-order valence-corrected chi connectivity index (χ3v) is 7.05. The van der Waals surface area contributed by atoms with Crippen molar-refractivity contribution in [1.29, 1.82) is 0 Å². The highest BCUT2D eigenvalue weighted by Crippen LogP contribution is 2.58. The van der Waals surface area contributed by atoms with Crippen LogP contribution >= 0.6 is 0 Å². The molecule has 2 heterocycles. The van der Waals surface area contributed by atoms with Gasteiger partial charge in [-0.05, 0) is 55.9 Å². The number of hydrogen-bond donors (Lipinski definition) is 2. The molecule has 3 aliphatic carbocycles. The van der Waals surface area contributed by atoms with Crippen LogP contribution in [0.4, 0.5) is 0 Å². The molecule has 6 nitrogen and oxygen atoms in total. The normalized spacial score (nSPS) is 32.4. The van der Waals surface area contributed by atoms with Gasteiger partial charge in [0.2, 0.25) is 5.91 Å². The van der Waals surface area contributed by atoms with E-state index in [4.69, 9.17) is 9.15 Å². The molecule has 0 unspecified atom stereocenters. The summed E-state index contributed by atoms with van der Waals surface area (Å²) in [5.41, 5.74) is -0.363. The van der Waals surface area contributed by atoms with Gasteiger partial charge in [0.15, 0.2) is 5.72 Å². The van der Waals surface area contributed by atoms with Gasteiger partial charge < -0.3 is 19.8 Å². The Labute approximate surface area is 170 Å². The van der Waals surface area contributed by atoms with Gasteiger partial charge in [0, 0.05) is 18.3 Å². The summed E-state index contributed by atoms with van der Waals surface area (Å²) >= 11 is 0. The van der Waals surface area contributed by atoms with Gasteiger partial charge in [0.05, 0.1) is 12.1 Å². The Bertz CT molecular complexity index is 983. The first kappa shape index (κ1) is 18.3. The number of carbonyl (C=O) groups is 2. The Balaban J connectivity index is 1.35. The molecule has 3 fully saturated rings. The molecule has 0 radical (unpaired) electrons. The monoisotopic (exact) mass is 394 g/mol. The number of carbonyl (C=O) groups excluding carboxylic acids is 2. The molecule has 1 spiro atoms. The zero-order valence-corrected chi connectivity index (χ0v) is 16.8. The predicted octanol–water partition coefficient (Wildman–Crippen LogP) is 3.55. The van der Waals surface area contributed by atoms with Crippen LogP contribution < -0.4 is 15.4 Å². The lowest BCUT2D eigenvalue weighted by Gasteiger charge is -2.59. The lowest BCUT2D eigenvalue weighted by molar-refractivity contribution is -0.167. The van der Waals surface area contributed by atoms with Gasteiger partial charge >= 0.3 is 0 Å². The van der Waals surface area contributed by atoms with Crippen molar-refractivity contribution in [1.82, 2.24) is 10.6 Å². The standard InChI is InChI=1S/C23H26N2O4/c1-14-7-8-16(28-14)12-24-21(27)18-11-15-9-10-22(18,2)13-23(15)25-20(26)17-5-3-4-6-19(17)29-23/h3-8,15,18H,9-13H2,1-2H3,(H,24,27)(H,25,26)/t15-,18-,22+,23+/m1/s1. The Hall–Kier alpha value is -2.76. The third kappa shape index (κ3) is 2.93. The summed E-state index contributed by atoms with van der Waals surface area (Å²) in [7, 11) is 0. The molecule has 0 saturated heterocycles. The maximum absolute atomic E-state index is 13.0.